The fourth-order valence-electron chi connectivity index (χ4n) is 1.67. The van der Waals surface area contributed by atoms with Gasteiger partial charge in [-0.25, -0.2) is 4.98 Å². The Morgan fingerprint density at radius 3 is 3.00 bits per heavy atom. The SMILES string of the molecule is CN(C)C(=O)CCn1ccnc1CNC1CC1. The maximum absolute atomic E-state index is 11.5. The molecule has 1 heterocycles. The highest BCUT2D eigenvalue weighted by atomic mass is 16.2. The molecule has 5 heteroatoms. The summed E-state index contributed by atoms with van der Waals surface area (Å²) < 4.78 is 2.05. The van der Waals surface area contributed by atoms with Crippen LogP contribution >= 0.6 is 0 Å². The second kappa shape index (κ2) is 5.31. The molecule has 1 aromatic heterocycles. The zero-order valence-corrected chi connectivity index (χ0v) is 10.5. The van der Waals surface area contributed by atoms with E-state index in [0.29, 0.717) is 19.0 Å². The van der Waals surface area contributed by atoms with Crippen molar-refractivity contribution in [3.05, 3.63) is 18.2 Å². The van der Waals surface area contributed by atoms with Crippen molar-refractivity contribution >= 4 is 5.91 Å². The molecule has 0 unspecified atom stereocenters. The fraction of sp³-hybridized carbons (Fsp3) is 0.667. The third kappa shape index (κ3) is 3.56. The Morgan fingerprint density at radius 2 is 2.35 bits per heavy atom. The average Bonchev–Trinajstić information content (AvgIpc) is 3.02. The lowest BCUT2D eigenvalue weighted by Gasteiger charge is -2.12. The van der Waals surface area contributed by atoms with Crippen LogP contribution in [0.25, 0.3) is 0 Å². The molecule has 0 radical (unpaired) electrons. The van der Waals surface area contributed by atoms with Crippen LogP contribution in [0, 0.1) is 0 Å². The van der Waals surface area contributed by atoms with Crippen molar-refractivity contribution in [1.29, 1.82) is 0 Å². The van der Waals surface area contributed by atoms with Gasteiger partial charge in [-0.3, -0.25) is 4.79 Å². The Hall–Kier alpha value is -1.36. The van der Waals surface area contributed by atoms with E-state index in [1.54, 1.807) is 25.2 Å². The van der Waals surface area contributed by atoms with Crippen LogP contribution in [0.15, 0.2) is 12.4 Å². The molecule has 0 saturated heterocycles. The molecule has 1 amide bonds. The van der Waals surface area contributed by atoms with Gasteiger partial charge in [0.1, 0.15) is 5.82 Å². The lowest BCUT2D eigenvalue weighted by Crippen LogP contribution is -2.24. The minimum absolute atomic E-state index is 0.153. The molecule has 1 aliphatic rings. The van der Waals surface area contributed by atoms with Crippen LogP contribution in [0.4, 0.5) is 0 Å². The summed E-state index contributed by atoms with van der Waals surface area (Å²) in [5, 5.41) is 3.43. The molecule has 0 spiro atoms. The topological polar surface area (TPSA) is 50.2 Å². The molecule has 0 bridgehead atoms. The summed E-state index contributed by atoms with van der Waals surface area (Å²) in [5.41, 5.74) is 0. The Balaban J connectivity index is 1.82. The van der Waals surface area contributed by atoms with E-state index in [0.717, 1.165) is 12.4 Å². The summed E-state index contributed by atoms with van der Waals surface area (Å²) in [7, 11) is 3.57. The summed E-state index contributed by atoms with van der Waals surface area (Å²) in [6.07, 6.45) is 6.82. The van der Waals surface area contributed by atoms with Crippen LogP contribution in [0.5, 0.6) is 0 Å². The third-order valence-electron chi connectivity index (χ3n) is 2.99. The van der Waals surface area contributed by atoms with Crippen LogP contribution in [-0.2, 0) is 17.9 Å². The summed E-state index contributed by atoms with van der Waals surface area (Å²) >= 11 is 0. The van der Waals surface area contributed by atoms with Gasteiger partial charge in [0.2, 0.25) is 5.91 Å². The molecule has 0 atom stereocenters. The van der Waals surface area contributed by atoms with Crippen LogP contribution in [0.3, 0.4) is 0 Å². The van der Waals surface area contributed by atoms with E-state index in [2.05, 4.69) is 14.9 Å². The first kappa shape index (κ1) is 12.1. The van der Waals surface area contributed by atoms with E-state index in [1.165, 1.54) is 12.8 Å². The number of imidazole rings is 1. The molecule has 1 fully saturated rings. The van der Waals surface area contributed by atoms with Crippen molar-refractivity contribution < 1.29 is 4.79 Å². The van der Waals surface area contributed by atoms with Gasteiger partial charge in [-0.15, -0.1) is 0 Å². The van der Waals surface area contributed by atoms with E-state index in [1.807, 2.05) is 6.20 Å². The summed E-state index contributed by atoms with van der Waals surface area (Å²) in [5.74, 6) is 1.17. The van der Waals surface area contributed by atoms with Gasteiger partial charge >= 0.3 is 0 Å². The molecule has 0 aliphatic heterocycles. The maximum atomic E-state index is 11.5. The van der Waals surface area contributed by atoms with Crippen molar-refractivity contribution in [3.63, 3.8) is 0 Å². The number of aryl methyl sites for hydroxylation is 1. The van der Waals surface area contributed by atoms with Crippen LogP contribution < -0.4 is 5.32 Å². The molecule has 5 nitrogen and oxygen atoms in total. The monoisotopic (exact) mass is 236 g/mol. The van der Waals surface area contributed by atoms with Gasteiger partial charge in [0, 0.05) is 45.5 Å². The van der Waals surface area contributed by atoms with E-state index in [9.17, 15) is 4.79 Å². The van der Waals surface area contributed by atoms with Gasteiger partial charge in [-0.2, -0.15) is 0 Å². The largest absolute Gasteiger partial charge is 0.349 e. The van der Waals surface area contributed by atoms with Gasteiger partial charge in [0.15, 0.2) is 0 Å². The van der Waals surface area contributed by atoms with Gasteiger partial charge in [-0.05, 0) is 12.8 Å². The number of rotatable bonds is 6. The summed E-state index contributed by atoms with van der Waals surface area (Å²) in [6, 6.07) is 0.684. The first-order chi connectivity index (χ1) is 8.16. The van der Waals surface area contributed by atoms with Crippen molar-refractivity contribution in [2.75, 3.05) is 14.1 Å². The zero-order valence-electron chi connectivity index (χ0n) is 10.5. The van der Waals surface area contributed by atoms with Gasteiger partial charge < -0.3 is 14.8 Å². The minimum Gasteiger partial charge on any atom is -0.349 e. The Kier molecular flexibility index (Phi) is 3.78. The fourth-order valence-corrected chi connectivity index (χ4v) is 1.67. The highest BCUT2D eigenvalue weighted by Gasteiger charge is 2.20. The lowest BCUT2D eigenvalue weighted by atomic mass is 10.3. The van der Waals surface area contributed by atoms with E-state index in [4.69, 9.17) is 0 Å². The highest BCUT2D eigenvalue weighted by molar-refractivity contribution is 5.75. The number of amides is 1. The Bertz CT molecular complexity index is 382. The lowest BCUT2D eigenvalue weighted by molar-refractivity contribution is -0.128. The second-order valence-corrected chi connectivity index (χ2v) is 4.73. The number of nitrogens with zero attached hydrogens (tertiary/aromatic N) is 3. The number of carbonyl (C=O) groups is 1. The molecule has 1 saturated carbocycles. The van der Waals surface area contributed by atoms with E-state index >= 15 is 0 Å². The predicted octanol–water partition coefficient (Wildman–Crippen LogP) is 0.613. The first-order valence-electron chi connectivity index (χ1n) is 6.10. The number of carbonyl (C=O) groups excluding carboxylic acids is 1. The summed E-state index contributed by atoms with van der Waals surface area (Å²) in [6.45, 7) is 1.51. The van der Waals surface area contributed by atoms with Crippen molar-refractivity contribution in [2.24, 2.45) is 0 Å². The Labute approximate surface area is 102 Å². The molecule has 1 N–H and O–H groups in total. The second-order valence-electron chi connectivity index (χ2n) is 4.73. The average molecular weight is 236 g/mol. The number of hydrogen-bond donors (Lipinski definition) is 1. The first-order valence-corrected chi connectivity index (χ1v) is 6.10. The highest BCUT2D eigenvalue weighted by Crippen LogP contribution is 2.19. The standard InChI is InChI=1S/C12H20N4O/c1-15(2)12(17)5-7-16-8-6-13-11(16)9-14-10-3-4-10/h6,8,10,14H,3-5,7,9H2,1-2H3. The van der Waals surface area contributed by atoms with Crippen LogP contribution in [0.1, 0.15) is 25.1 Å². The van der Waals surface area contributed by atoms with Gasteiger partial charge in [0.05, 0.1) is 6.54 Å². The molecular weight excluding hydrogens is 216 g/mol. The predicted molar refractivity (Wildman–Crippen MR) is 65.4 cm³/mol. The van der Waals surface area contributed by atoms with E-state index < -0.39 is 0 Å². The molecule has 2 rings (SSSR count). The van der Waals surface area contributed by atoms with Gasteiger partial charge in [0.25, 0.3) is 0 Å². The molecule has 0 aromatic carbocycles. The number of aromatic nitrogens is 2. The normalized spacial score (nSPS) is 14.9. The molecule has 94 valence electrons. The third-order valence-corrected chi connectivity index (χ3v) is 2.99. The van der Waals surface area contributed by atoms with Crippen LogP contribution in [-0.4, -0.2) is 40.5 Å². The van der Waals surface area contributed by atoms with Crippen molar-refractivity contribution in [3.8, 4) is 0 Å². The van der Waals surface area contributed by atoms with Crippen molar-refractivity contribution in [2.45, 2.75) is 38.4 Å². The quantitative estimate of drug-likeness (QED) is 0.787. The molecule has 1 aliphatic carbocycles. The number of hydrogen-bond acceptors (Lipinski definition) is 3. The van der Waals surface area contributed by atoms with Crippen molar-refractivity contribution in [1.82, 2.24) is 19.8 Å². The minimum atomic E-state index is 0.153. The number of nitrogens with one attached hydrogen (secondary N) is 1. The zero-order chi connectivity index (χ0) is 12.3. The smallest absolute Gasteiger partial charge is 0.223 e. The molecule has 1 aromatic rings. The molecule has 17 heavy (non-hydrogen) atoms. The maximum Gasteiger partial charge on any atom is 0.223 e. The van der Waals surface area contributed by atoms with Gasteiger partial charge in [-0.1, -0.05) is 0 Å². The van der Waals surface area contributed by atoms with Crippen LogP contribution in [0.2, 0.25) is 0 Å². The summed E-state index contributed by atoms with van der Waals surface area (Å²) in [4.78, 5) is 17.4. The molecular formula is C12H20N4O. The van der Waals surface area contributed by atoms with E-state index in [-0.39, 0.29) is 5.91 Å². The Morgan fingerprint density at radius 1 is 1.59 bits per heavy atom.